The van der Waals surface area contributed by atoms with E-state index >= 15 is 0 Å². The fourth-order valence-electron chi connectivity index (χ4n) is 4.68. The van der Waals surface area contributed by atoms with Crippen molar-refractivity contribution in [3.05, 3.63) is 77.9 Å². The second-order valence-electron chi connectivity index (χ2n) is 10.2. The number of benzene rings is 3. The molecule has 10 nitrogen and oxygen atoms in total. The number of rotatable bonds is 16. The van der Waals surface area contributed by atoms with E-state index in [1.54, 1.807) is 24.3 Å². The standard InChI is InChI=1S/C33H43N3O7S/c1-7-20-34-33(38)29(8-2)35(22-25-12-10-24(4)11-13-25)32(37)23-36(26-14-16-27(17-15-26)43-9-3)44(39,40)28-18-19-30(41-5)31(21-28)42-6/h10-19,21,29H,7-9,20,22-23H2,1-6H3,(H,34,38)/t29-/m0/s1. The molecule has 0 saturated heterocycles. The zero-order chi connectivity index (χ0) is 32.3. The molecule has 0 saturated carbocycles. The van der Waals surface area contributed by atoms with Gasteiger partial charge in [-0.3, -0.25) is 13.9 Å². The topological polar surface area (TPSA) is 114 Å². The zero-order valence-electron chi connectivity index (χ0n) is 26.3. The second-order valence-corrected chi connectivity index (χ2v) is 12.0. The first-order chi connectivity index (χ1) is 21.1. The Kier molecular flexibility index (Phi) is 12.5. The van der Waals surface area contributed by atoms with Gasteiger partial charge in [0, 0.05) is 19.2 Å². The maximum atomic E-state index is 14.2. The van der Waals surface area contributed by atoms with Gasteiger partial charge >= 0.3 is 0 Å². The van der Waals surface area contributed by atoms with Crippen LogP contribution in [0.3, 0.4) is 0 Å². The molecular formula is C33H43N3O7S. The van der Waals surface area contributed by atoms with Crippen LogP contribution in [0.25, 0.3) is 0 Å². The van der Waals surface area contributed by atoms with Gasteiger partial charge in [-0.25, -0.2) is 8.42 Å². The number of methoxy groups -OCH3 is 2. The van der Waals surface area contributed by atoms with Crippen molar-refractivity contribution in [1.29, 1.82) is 0 Å². The molecule has 3 aromatic carbocycles. The van der Waals surface area contributed by atoms with Gasteiger partial charge in [-0.1, -0.05) is 43.7 Å². The number of carbonyl (C=O) groups is 2. The van der Waals surface area contributed by atoms with Gasteiger partial charge < -0.3 is 24.4 Å². The summed E-state index contributed by atoms with van der Waals surface area (Å²) in [4.78, 5) is 28.8. The highest BCUT2D eigenvalue weighted by Gasteiger charge is 2.34. The van der Waals surface area contributed by atoms with Crippen LogP contribution in [0, 0.1) is 6.92 Å². The number of aryl methyl sites for hydroxylation is 1. The number of carbonyl (C=O) groups excluding carboxylic acids is 2. The average Bonchev–Trinajstić information content (AvgIpc) is 3.03. The Labute approximate surface area is 261 Å². The Morgan fingerprint density at radius 3 is 2.11 bits per heavy atom. The third-order valence-electron chi connectivity index (χ3n) is 7.07. The van der Waals surface area contributed by atoms with E-state index < -0.39 is 28.5 Å². The summed E-state index contributed by atoms with van der Waals surface area (Å²) in [5.41, 5.74) is 2.14. The minimum atomic E-state index is -4.30. The van der Waals surface area contributed by atoms with E-state index in [2.05, 4.69) is 5.32 Å². The predicted octanol–water partition coefficient (Wildman–Crippen LogP) is 4.94. The zero-order valence-corrected chi connectivity index (χ0v) is 27.1. The van der Waals surface area contributed by atoms with Crippen LogP contribution < -0.4 is 23.8 Å². The van der Waals surface area contributed by atoms with Gasteiger partial charge in [-0.05, 0) is 68.7 Å². The number of hydrogen-bond donors (Lipinski definition) is 1. The molecule has 0 unspecified atom stereocenters. The van der Waals surface area contributed by atoms with Gasteiger partial charge in [0.15, 0.2) is 11.5 Å². The molecule has 0 aliphatic heterocycles. The van der Waals surface area contributed by atoms with Crippen LogP contribution in [0.5, 0.6) is 17.2 Å². The summed E-state index contributed by atoms with van der Waals surface area (Å²) in [6, 6.07) is 17.6. The summed E-state index contributed by atoms with van der Waals surface area (Å²) in [5.74, 6) is 0.340. The quantitative estimate of drug-likeness (QED) is 0.240. The molecule has 3 aromatic rings. The molecule has 0 bridgehead atoms. The SMILES string of the molecule is CCCNC(=O)[C@H](CC)N(Cc1ccc(C)cc1)C(=O)CN(c1ccc(OCC)cc1)S(=O)(=O)c1ccc(OC)c(OC)c1. The molecule has 11 heteroatoms. The minimum absolute atomic E-state index is 0.0883. The van der Waals surface area contributed by atoms with Crippen molar-refractivity contribution in [1.82, 2.24) is 10.2 Å². The van der Waals surface area contributed by atoms with Crippen molar-refractivity contribution in [3.8, 4) is 17.2 Å². The van der Waals surface area contributed by atoms with Crippen molar-refractivity contribution < 1.29 is 32.2 Å². The number of sulfonamides is 1. The molecular weight excluding hydrogens is 582 g/mol. The van der Waals surface area contributed by atoms with E-state index in [0.29, 0.717) is 31.1 Å². The number of ether oxygens (including phenoxy) is 3. The summed E-state index contributed by atoms with van der Waals surface area (Å²) in [6.07, 6.45) is 1.09. The van der Waals surface area contributed by atoms with Crippen molar-refractivity contribution >= 4 is 27.5 Å². The Morgan fingerprint density at radius 2 is 1.55 bits per heavy atom. The van der Waals surface area contributed by atoms with Gasteiger partial charge in [-0.15, -0.1) is 0 Å². The lowest BCUT2D eigenvalue weighted by Crippen LogP contribution is -2.52. The van der Waals surface area contributed by atoms with E-state index in [4.69, 9.17) is 14.2 Å². The summed E-state index contributed by atoms with van der Waals surface area (Å²) < 4.78 is 45.7. The highest BCUT2D eigenvalue weighted by molar-refractivity contribution is 7.92. The Bertz CT molecular complexity index is 1490. The number of anilines is 1. The van der Waals surface area contributed by atoms with E-state index in [9.17, 15) is 18.0 Å². The third kappa shape index (κ3) is 8.43. The number of nitrogens with zero attached hydrogens (tertiary/aromatic N) is 2. The number of nitrogens with one attached hydrogen (secondary N) is 1. The van der Waals surface area contributed by atoms with Gasteiger partial charge in [-0.2, -0.15) is 0 Å². The van der Waals surface area contributed by atoms with Crippen LogP contribution >= 0.6 is 0 Å². The molecule has 238 valence electrons. The molecule has 0 aromatic heterocycles. The van der Waals surface area contributed by atoms with Crippen molar-refractivity contribution in [3.63, 3.8) is 0 Å². The lowest BCUT2D eigenvalue weighted by atomic mass is 10.1. The van der Waals surface area contributed by atoms with Gasteiger partial charge in [0.25, 0.3) is 10.0 Å². The van der Waals surface area contributed by atoms with Crippen LogP contribution in [0.2, 0.25) is 0 Å². The predicted molar refractivity (Wildman–Crippen MR) is 171 cm³/mol. The fourth-order valence-corrected chi connectivity index (χ4v) is 6.11. The monoisotopic (exact) mass is 625 g/mol. The van der Waals surface area contributed by atoms with Crippen LogP contribution in [-0.2, 0) is 26.2 Å². The maximum Gasteiger partial charge on any atom is 0.264 e. The van der Waals surface area contributed by atoms with Crippen LogP contribution in [0.1, 0.15) is 44.7 Å². The van der Waals surface area contributed by atoms with Crippen molar-refractivity contribution in [2.45, 2.75) is 58.0 Å². The summed E-state index contributed by atoms with van der Waals surface area (Å²) in [7, 11) is -1.43. The molecule has 3 rings (SSSR count). The first-order valence-electron chi connectivity index (χ1n) is 14.7. The highest BCUT2D eigenvalue weighted by atomic mass is 32.2. The first kappa shape index (κ1) is 34.2. The van der Waals surface area contributed by atoms with Gasteiger partial charge in [0.2, 0.25) is 11.8 Å². The highest BCUT2D eigenvalue weighted by Crippen LogP contribution is 2.33. The summed E-state index contributed by atoms with van der Waals surface area (Å²) in [6.45, 7) is 8.09. The number of amides is 2. The normalized spacial score (nSPS) is 11.8. The fraction of sp³-hybridized carbons (Fsp3) is 0.394. The molecule has 2 amide bonds. The Morgan fingerprint density at radius 1 is 0.886 bits per heavy atom. The molecule has 1 N–H and O–H groups in total. The van der Waals surface area contributed by atoms with Crippen LogP contribution in [-0.4, -0.2) is 65.1 Å². The van der Waals surface area contributed by atoms with Gasteiger partial charge in [0.05, 0.1) is 31.4 Å². The molecule has 0 spiro atoms. The minimum Gasteiger partial charge on any atom is -0.494 e. The largest absolute Gasteiger partial charge is 0.494 e. The lowest BCUT2D eigenvalue weighted by molar-refractivity contribution is -0.140. The van der Waals surface area contributed by atoms with E-state index in [1.807, 2.05) is 52.0 Å². The summed E-state index contributed by atoms with van der Waals surface area (Å²) in [5, 5.41) is 2.89. The lowest BCUT2D eigenvalue weighted by Gasteiger charge is -2.33. The Hall–Kier alpha value is -4.25. The average molecular weight is 626 g/mol. The molecule has 0 aliphatic rings. The smallest absolute Gasteiger partial charge is 0.264 e. The van der Waals surface area contributed by atoms with Crippen molar-refractivity contribution in [2.24, 2.45) is 0 Å². The van der Waals surface area contributed by atoms with Crippen molar-refractivity contribution in [2.75, 3.05) is 38.2 Å². The maximum absolute atomic E-state index is 14.2. The first-order valence-corrected chi connectivity index (χ1v) is 16.1. The molecule has 0 fully saturated rings. The number of hydrogen-bond acceptors (Lipinski definition) is 7. The van der Waals surface area contributed by atoms with Crippen LogP contribution in [0.15, 0.2) is 71.6 Å². The van der Waals surface area contributed by atoms with E-state index in [0.717, 1.165) is 21.9 Å². The van der Waals surface area contributed by atoms with Gasteiger partial charge in [0.1, 0.15) is 18.3 Å². The molecule has 1 atom stereocenters. The molecule has 44 heavy (non-hydrogen) atoms. The van der Waals surface area contributed by atoms with Crippen LogP contribution in [0.4, 0.5) is 5.69 Å². The molecule has 0 heterocycles. The van der Waals surface area contributed by atoms with E-state index in [-0.39, 0.29) is 28.8 Å². The third-order valence-corrected chi connectivity index (χ3v) is 8.84. The summed E-state index contributed by atoms with van der Waals surface area (Å²) >= 11 is 0. The molecule has 0 radical (unpaired) electrons. The second kappa shape index (κ2) is 16.0. The molecule has 0 aliphatic carbocycles. The van der Waals surface area contributed by atoms with E-state index in [1.165, 1.54) is 37.3 Å². The Balaban J connectivity index is 2.10.